The van der Waals surface area contributed by atoms with Crippen LogP contribution in [-0.2, 0) is 14.3 Å². The van der Waals surface area contributed by atoms with Crippen LogP contribution in [0, 0.1) is 17.2 Å². The van der Waals surface area contributed by atoms with Crippen LogP contribution in [0.2, 0.25) is 0 Å². The fraction of sp³-hybridized carbons (Fsp3) is 0.645. The molecule has 0 bridgehead atoms. The summed E-state index contributed by atoms with van der Waals surface area (Å²) in [4.78, 5) is 34.6. The lowest BCUT2D eigenvalue weighted by Crippen LogP contribution is -2.75. The van der Waals surface area contributed by atoms with Gasteiger partial charge >= 0.3 is 0 Å². The van der Waals surface area contributed by atoms with Crippen LogP contribution in [0.25, 0.3) is 0 Å². The molecule has 4 fully saturated rings. The highest BCUT2D eigenvalue weighted by Gasteiger charge is 2.56. The van der Waals surface area contributed by atoms with Gasteiger partial charge in [0.15, 0.2) is 12.1 Å². The summed E-state index contributed by atoms with van der Waals surface area (Å²) in [6.45, 7) is 7.01. The number of alkyl halides is 1. The molecule has 1 saturated carbocycles. The zero-order chi connectivity index (χ0) is 29.4. The number of thioether (sulfide) groups is 1. The first kappa shape index (κ1) is 30.1. The van der Waals surface area contributed by atoms with Crippen LogP contribution in [0.4, 0.5) is 0 Å². The molecule has 0 aromatic heterocycles. The maximum Gasteiger partial charge on any atom is 0.246 e. The minimum absolute atomic E-state index is 0.0214. The lowest BCUT2D eigenvalue weighted by atomic mass is 9.71. The predicted molar refractivity (Wildman–Crippen MR) is 163 cm³/mol. The molecule has 6 rings (SSSR count). The van der Waals surface area contributed by atoms with E-state index in [0.29, 0.717) is 38.7 Å². The van der Waals surface area contributed by atoms with E-state index < -0.39 is 11.1 Å². The summed E-state index contributed by atoms with van der Waals surface area (Å²) in [7, 11) is 2.14. The number of carbonyl (C=O) groups is 2. The molecule has 8 atom stereocenters. The van der Waals surface area contributed by atoms with Gasteiger partial charge in [0.1, 0.15) is 0 Å². The number of Topliss-reactive ketones (excluding diaryl/α,β-unsaturated/α-hetero) is 1. The van der Waals surface area contributed by atoms with Crippen molar-refractivity contribution in [2.24, 2.45) is 5.92 Å². The quantitative estimate of drug-likeness (QED) is 0.371. The predicted octanol–water partition coefficient (Wildman–Crippen LogP) is 3.07. The molecule has 1 spiro atoms. The second kappa shape index (κ2) is 12.6. The van der Waals surface area contributed by atoms with Gasteiger partial charge in [-0.05, 0) is 63.4 Å². The minimum atomic E-state index is -0.578. The number of hydrogen-bond donors (Lipinski definition) is 2. The van der Waals surface area contributed by atoms with Crippen LogP contribution in [0.1, 0.15) is 49.5 Å². The van der Waals surface area contributed by atoms with Crippen LogP contribution < -0.4 is 10.6 Å². The number of rotatable bonds is 6. The lowest BCUT2D eigenvalue weighted by molar-refractivity contribution is -0.145. The van der Waals surface area contributed by atoms with E-state index in [9.17, 15) is 14.9 Å². The number of hydrogen-bond acceptors (Lipinski definition) is 9. The molecular weight excluding hydrogens is 572 g/mol. The van der Waals surface area contributed by atoms with E-state index in [0.717, 1.165) is 42.7 Å². The highest BCUT2D eigenvalue weighted by Crippen LogP contribution is 2.55. The van der Waals surface area contributed by atoms with Crippen molar-refractivity contribution >= 4 is 35.1 Å². The Morgan fingerprint density at radius 3 is 2.86 bits per heavy atom. The number of piperazine rings is 1. The van der Waals surface area contributed by atoms with Crippen LogP contribution >= 0.6 is 23.4 Å². The maximum atomic E-state index is 14.6. The Morgan fingerprint density at radius 1 is 1.26 bits per heavy atom. The zero-order valence-corrected chi connectivity index (χ0v) is 25.8. The van der Waals surface area contributed by atoms with E-state index in [1.807, 2.05) is 12.1 Å². The van der Waals surface area contributed by atoms with Crippen molar-refractivity contribution in [1.29, 1.82) is 5.26 Å². The molecule has 5 aliphatic rings. The topological polar surface area (TPSA) is 101 Å². The van der Waals surface area contributed by atoms with Gasteiger partial charge in [-0.1, -0.05) is 24.8 Å². The molecule has 11 heteroatoms. The first-order chi connectivity index (χ1) is 20.3. The van der Waals surface area contributed by atoms with Crippen molar-refractivity contribution < 1.29 is 14.3 Å². The van der Waals surface area contributed by atoms with E-state index in [2.05, 4.69) is 52.3 Å². The zero-order valence-electron chi connectivity index (χ0n) is 24.2. The van der Waals surface area contributed by atoms with Gasteiger partial charge in [0.05, 0.1) is 47.5 Å². The number of nitriles is 1. The number of carbonyl (C=O) groups excluding carboxylic acids is 2. The molecule has 1 amide bonds. The van der Waals surface area contributed by atoms with Gasteiger partial charge in [-0.2, -0.15) is 5.26 Å². The molecule has 1 aromatic carbocycles. The normalized spacial score (nSPS) is 37.2. The van der Waals surface area contributed by atoms with E-state index in [4.69, 9.17) is 16.3 Å². The molecule has 226 valence electrons. The lowest BCUT2D eigenvalue weighted by Gasteiger charge is -2.55. The summed E-state index contributed by atoms with van der Waals surface area (Å²) >= 11 is 8.61. The number of nitrogens with one attached hydrogen (secondary N) is 2. The number of likely N-dealkylation sites (tertiary alicyclic amines) is 1. The first-order valence-electron chi connectivity index (χ1n) is 15.2. The van der Waals surface area contributed by atoms with Crippen LogP contribution in [-0.4, -0.2) is 102 Å². The third-order valence-electron chi connectivity index (χ3n) is 9.99. The van der Waals surface area contributed by atoms with Crippen molar-refractivity contribution in [2.75, 3.05) is 39.8 Å². The molecule has 2 N–H and O–H groups in total. The Morgan fingerprint density at radius 2 is 2.10 bits per heavy atom. The van der Waals surface area contributed by atoms with E-state index in [1.54, 1.807) is 16.7 Å². The summed E-state index contributed by atoms with van der Waals surface area (Å²) < 4.78 is 5.88. The van der Waals surface area contributed by atoms with Crippen molar-refractivity contribution in [3.8, 4) is 6.07 Å². The molecule has 1 aromatic rings. The second-order valence-electron chi connectivity index (χ2n) is 12.4. The SMILES string of the molecule is C=CC(=O)N1CCN(C2NC(OCC3CCCN3C)NC3C(=O)[C@@]4(CCC32)CC(Cl)c2ccccc2S4)CC1CC#N. The Kier molecular flexibility index (Phi) is 9.00. The smallest absolute Gasteiger partial charge is 0.246 e. The average Bonchev–Trinajstić information content (AvgIpc) is 3.42. The third-order valence-corrected chi connectivity index (χ3v) is 11.9. The third kappa shape index (κ3) is 5.65. The van der Waals surface area contributed by atoms with E-state index in [1.165, 1.54) is 6.08 Å². The highest BCUT2D eigenvalue weighted by molar-refractivity contribution is 8.01. The summed E-state index contributed by atoms with van der Waals surface area (Å²) in [6, 6.07) is 10.2. The first-order valence-corrected chi connectivity index (χ1v) is 16.4. The van der Waals surface area contributed by atoms with Crippen LogP contribution in [0.5, 0.6) is 0 Å². The summed E-state index contributed by atoms with van der Waals surface area (Å²) in [6.07, 6.45) is 5.45. The van der Waals surface area contributed by atoms with Crippen LogP contribution in [0.15, 0.2) is 41.8 Å². The van der Waals surface area contributed by atoms with E-state index in [-0.39, 0.29) is 47.7 Å². The van der Waals surface area contributed by atoms with Gasteiger partial charge in [0.2, 0.25) is 5.91 Å². The molecule has 3 saturated heterocycles. The number of benzene rings is 1. The highest BCUT2D eigenvalue weighted by atomic mass is 35.5. The number of nitrogens with zero attached hydrogens (tertiary/aromatic N) is 4. The number of ether oxygens (including phenoxy) is 1. The standard InChI is InChI=1S/C31H41ClN6O3S/c1-3-26(39)38-16-15-37(18-20(38)11-13-33)29-23-10-12-31(17-24(32)22-8-4-5-9-25(22)42-31)28(40)27(23)34-30(35-29)41-19-21-7-6-14-36(21)2/h3-5,8-9,20-21,23-24,27,29-30,34-35H,1,6-7,10-12,14-19H2,2H3/t20?,21?,23?,24?,27?,29?,30?,31-/m1/s1. The summed E-state index contributed by atoms with van der Waals surface area (Å²) in [5, 5.41) is 16.6. The monoisotopic (exact) mass is 612 g/mol. The molecule has 0 radical (unpaired) electrons. The fourth-order valence-electron chi connectivity index (χ4n) is 7.67. The van der Waals surface area contributed by atoms with Gasteiger partial charge in [-0.15, -0.1) is 23.4 Å². The molecule has 42 heavy (non-hydrogen) atoms. The number of fused-ring (bicyclic) bond motifs is 2. The van der Waals surface area contributed by atoms with Crippen LogP contribution in [0.3, 0.4) is 0 Å². The fourth-order valence-corrected chi connectivity index (χ4v) is 9.88. The minimum Gasteiger partial charge on any atom is -0.348 e. The summed E-state index contributed by atoms with van der Waals surface area (Å²) in [5.41, 5.74) is 1.11. The van der Waals surface area contributed by atoms with Gasteiger partial charge in [-0.3, -0.25) is 25.1 Å². The maximum absolute atomic E-state index is 14.6. The number of amides is 1. The number of ketones is 1. The number of halogens is 1. The van der Waals surface area contributed by atoms with E-state index >= 15 is 0 Å². The Bertz CT molecular complexity index is 1250. The summed E-state index contributed by atoms with van der Waals surface area (Å²) in [5.74, 6) is 0.0806. The van der Waals surface area contributed by atoms with Crippen molar-refractivity contribution in [3.05, 3.63) is 42.5 Å². The van der Waals surface area contributed by atoms with Gasteiger partial charge in [0, 0.05) is 36.5 Å². The van der Waals surface area contributed by atoms with Gasteiger partial charge in [0.25, 0.3) is 0 Å². The molecule has 1 aliphatic carbocycles. The second-order valence-corrected chi connectivity index (χ2v) is 14.3. The van der Waals surface area contributed by atoms with Crippen molar-refractivity contribution in [1.82, 2.24) is 25.3 Å². The van der Waals surface area contributed by atoms with Gasteiger partial charge < -0.3 is 14.5 Å². The van der Waals surface area contributed by atoms with Crippen molar-refractivity contribution in [2.45, 2.75) is 84.2 Å². The molecular formula is C31H41ClN6O3S. The average molecular weight is 613 g/mol. The van der Waals surface area contributed by atoms with Crippen molar-refractivity contribution in [3.63, 3.8) is 0 Å². The molecule has 4 heterocycles. The Hall–Kier alpha value is -1.97. The molecule has 7 unspecified atom stereocenters. The molecule has 9 nitrogen and oxygen atoms in total. The number of likely N-dealkylation sites (N-methyl/N-ethyl adjacent to an activating group) is 1. The Labute approximate surface area is 257 Å². The van der Waals surface area contributed by atoms with Gasteiger partial charge in [-0.25, -0.2) is 0 Å². The Balaban J connectivity index is 1.25. The largest absolute Gasteiger partial charge is 0.348 e. The molecule has 4 aliphatic heterocycles.